The van der Waals surface area contributed by atoms with E-state index < -0.39 is 0 Å². The molecule has 2 aliphatic rings. The summed E-state index contributed by atoms with van der Waals surface area (Å²) in [5.41, 5.74) is 16.7. The molecular formula is C44H33N3. The number of aromatic nitrogens is 3. The second-order valence-electron chi connectivity index (χ2n) is 13.2. The van der Waals surface area contributed by atoms with Gasteiger partial charge in [-0.05, 0) is 74.5 Å². The molecule has 0 atom stereocenters. The summed E-state index contributed by atoms with van der Waals surface area (Å²) in [7, 11) is 0. The van der Waals surface area contributed by atoms with Crippen LogP contribution in [0.15, 0.2) is 140 Å². The highest BCUT2D eigenvalue weighted by Crippen LogP contribution is 2.51. The van der Waals surface area contributed by atoms with E-state index in [2.05, 4.69) is 92.7 Å². The van der Waals surface area contributed by atoms with Crippen LogP contribution in [-0.4, -0.2) is 15.0 Å². The lowest BCUT2D eigenvalue weighted by Gasteiger charge is -2.26. The van der Waals surface area contributed by atoms with E-state index in [1.54, 1.807) is 0 Å². The van der Waals surface area contributed by atoms with Crippen LogP contribution >= 0.6 is 0 Å². The molecule has 3 heteroatoms. The highest BCUT2D eigenvalue weighted by Gasteiger charge is 2.36. The lowest BCUT2D eigenvalue weighted by atomic mass is 9.78. The first-order chi connectivity index (χ1) is 23.0. The van der Waals surface area contributed by atoms with Crippen LogP contribution in [0.2, 0.25) is 0 Å². The Kier molecular flexibility index (Phi) is 6.29. The van der Waals surface area contributed by atoms with Crippen LogP contribution in [0.3, 0.4) is 0 Å². The first-order valence-corrected chi connectivity index (χ1v) is 16.4. The average molecular weight is 604 g/mol. The highest BCUT2D eigenvalue weighted by atomic mass is 15.0. The fourth-order valence-electron chi connectivity index (χ4n) is 7.51. The normalized spacial score (nSPS) is 13.7. The molecular weight excluding hydrogens is 571 g/mol. The fourth-order valence-corrected chi connectivity index (χ4v) is 7.51. The predicted octanol–water partition coefficient (Wildman–Crippen LogP) is 10.6. The number of benzene rings is 6. The van der Waals surface area contributed by atoms with Gasteiger partial charge in [-0.25, -0.2) is 15.0 Å². The Balaban J connectivity index is 1.06. The highest BCUT2D eigenvalue weighted by molar-refractivity contribution is 5.87. The van der Waals surface area contributed by atoms with Gasteiger partial charge in [-0.15, -0.1) is 0 Å². The van der Waals surface area contributed by atoms with Crippen LogP contribution in [0.25, 0.3) is 67.5 Å². The molecule has 3 nitrogen and oxygen atoms in total. The predicted molar refractivity (Wildman–Crippen MR) is 192 cm³/mol. The van der Waals surface area contributed by atoms with E-state index in [1.807, 2.05) is 60.7 Å². The number of rotatable bonds is 4. The molecule has 1 heterocycles. The van der Waals surface area contributed by atoms with Crippen molar-refractivity contribution in [3.8, 4) is 67.5 Å². The lowest BCUT2D eigenvalue weighted by Crippen LogP contribution is -2.15. The third kappa shape index (κ3) is 4.61. The van der Waals surface area contributed by atoms with Gasteiger partial charge >= 0.3 is 0 Å². The molecule has 47 heavy (non-hydrogen) atoms. The Labute approximate surface area is 275 Å². The standard InChI is InChI=1S/C44H33N3/c1-44(2)39-16-10-9-15-36(39)38-26-34-22-21-33-25-32(23-24-35(33)37(34)27-40(38)44)28-17-19-31(20-18-28)43-46-41(29-11-5-3-6-12-29)45-42(47-43)30-13-7-4-8-14-30/h3-20,23-27H,21-22H2,1-2H3. The molecule has 0 radical (unpaired) electrons. The minimum atomic E-state index is 0.00248. The summed E-state index contributed by atoms with van der Waals surface area (Å²) in [4.78, 5) is 14.7. The second kappa shape index (κ2) is 10.7. The van der Waals surface area contributed by atoms with Crippen molar-refractivity contribution in [1.82, 2.24) is 15.0 Å². The Morgan fingerprint density at radius 3 is 1.53 bits per heavy atom. The quantitative estimate of drug-likeness (QED) is 0.201. The first-order valence-electron chi connectivity index (χ1n) is 16.4. The monoisotopic (exact) mass is 603 g/mol. The van der Waals surface area contributed by atoms with Crippen LogP contribution in [-0.2, 0) is 18.3 Å². The molecule has 2 aliphatic carbocycles. The molecule has 6 aromatic carbocycles. The second-order valence-corrected chi connectivity index (χ2v) is 13.2. The molecule has 0 bridgehead atoms. The van der Waals surface area contributed by atoms with E-state index in [0.717, 1.165) is 29.5 Å². The topological polar surface area (TPSA) is 38.7 Å². The van der Waals surface area contributed by atoms with Crippen molar-refractivity contribution in [3.05, 3.63) is 162 Å². The Bertz CT molecular complexity index is 2250. The zero-order chi connectivity index (χ0) is 31.5. The maximum absolute atomic E-state index is 4.91. The van der Waals surface area contributed by atoms with E-state index in [9.17, 15) is 0 Å². The van der Waals surface area contributed by atoms with Crippen LogP contribution in [0.4, 0.5) is 0 Å². The van der Waals surface area contributed by atoms with Crippen molar-refractivity contribution < 1.29 is 0 Å². The van der Waals surface area contributed by atoms with Crippen LogP contribution in [0.1, 0.15) is 36.1 Å². The van der Waals surface area contributed by atoms with E-state index in [0.29, 0.717) is 17.5 Å². The van der Waals surface area contributed by atoms with Gasteiger partial charge in [0.25, 0.3) is 0 Å². The number of fused-ring (bicyclic) bond motifs is 6. The Morgan fingerprint density at radius 2 is 0.894 bits per heavy atom. The van der Waals surface area contributed by atoms with Gasteiger partial charge in [0.05, 0.1) is 0 Å². The lowest BCUT2D eigenvalue weighted by molar-refractivity contribution is 0.660. The van der Waals surface area contributed by atoms with Gasteiger partial charge in [0.1, 0.15) is 0 Å². The van der Waals surface area contributed by atoms with Gasteiger partial charge < -0.3 is 0 Å². The first kappa shape index (κ1) is 27.6. The summed E-state index contributed by atoms with van der Waals surface area (Å²) in [5, 5.41) is 0. The van der Waals surface area contributed by atoms with Gasteiger partial charge in [0, 0.05) is 22.1 Å². The van der Waals surface area contributed by atoms with Gasteiger partial charge in [-0.3, -0.25) is 0 Å². The summed E-state index contributed by atoms with van der Waals surface area (Å²) in [6, 6.07) is 49.8. The number of hydrogen-bond donors (Lipinski definition) is 0. The average Bonchev–Trinajstić information content (AvgIpc) is 3.36. The molecule has 0 saturated heterocycles. The third-order valence-electron chi connectivity index (χ3n) is 10.0. The van der Waals surface area contributed by atoms with Gasteiger partial charge in [-0.1, -0.05) is 147 Å². The van der Waals surface area contributed by atoms with Gasteiger partial charge in [0.15, 0.2) is 17.5 Å². The molecule has 0 fully saturated rings. The maximum Gasteiger partial charge on any atom is 0.164 e. The molecule has 0 N–H and O–H groups in total. The smallest absolute Gasteiger partial charge is 0.164 e. The number of hydrogen-bond acceptors (Lipinski definition) is 3. The SMILES string of the molecule is CC1(C)c2ccccc2-c2cc3c(cc21)-c1ccc(-c2ccc(-c4nc(-c5ccccc5)nc(-c5ccccc5)n4)cc2)cc1CC3. The van der Waals surface area contributed by atoms with E-state index in [-0.39, 0.29) is 5.41 Å². The molecule has 224 valence electrons. The van der Waals surface area contributed by atoms with Crippen molar-refractivity contribution >= 4 is 0 Å². The van der Waals surface area contributed by atoms with E-state index in [1.165, 1.54) is 55.6 Å². The van der Waals surface area contributed by atoms with Crippen molar-refractivity contribution in [2.45, 2.75) is 32.1 Å². The number of nitrogens with zero attached hydrogens (tertiary/aromatic N) is 3. The minimum Gasteiger partial charge on any atom is -0.208 e. The molecule has 0 aliphatic heterocycles. The Morgan fingerprint density at radius 1 is 0.383 bits per heavy atom. The summed E-state index contributed by atoms with van der Waals surface area (Å²) in [6.45, 7) is 4.73. The van der Waals surface area contributed by atoms with E-state index in [4.69, 9.17) is 15.0 Å². The van der Waals surface area contributed by atoms with Crippen molar-refractivity contribution in [3.63, 3.8) is 0 Å². The molecule has 7 aromatic rings. The maximum atomic E-state index is 4.91. The van der Waals surface area contributed by atoms with Crippen molar-refractivity contribution in [1.29, 1.82) is 0 Å². The van der Waals surface area contributed by atoms with E-state index >= 15 is 0 Å². The summed E-state index contributed by atoms with van der Waals surface area (Å²) < 4.78 is 0. The third-order valence-corrected chi connectivity index (χ3v) is 10.0. The zero-order valence-electron chi connectivity index (χ0n) is 26.5. The van der Waals surface area contributed by atoms with Gasteiger partial charge in [0.2, 0.25) is 0 Å². The molecule has 0 saturated carbocycles. The Hall–Kier alpha value is -5.67. The summed E-state index contributed by atoms with van der Waals surface area (Å²) in [6.07, 6.45) is 2.11. The zero-order valence-corrected chi connectivity index (χ0v) is 26.5. The van der Waals surface area contributed by atoms with Crippen molar-refractivity contribution in [2.75, 3.05) is 0 Å². The molecule has 1 aromatic heterocycles. The summed E-state index contributed by atoms with van der Waals surface area (Å²) >= 11 is 0. The fraction of sp³-hybridized carbons (Fsp3) is 0.114. The molecule has 0 unspecified atom stereocenters. The molecule has 9 rings (SSSR count). The number of aryl methyl sites for hydroxylation is 2. The van der Waals surface area contributed by atoms with Gasteiger partial charge in [-0.2, -0.15) is 0 Å². The van der Waals surface area contributed by atoms with Crippen molar-refractivity contribution in [2.24, 2.45) is 0 Å². The molecule has 0 spiro atoms. The minimum absolute atomic E-state index is 0.00248. The largest absolute Gasteiger partial charge is 0.208 e. The van der Waals surface area contributed by atoms with Crippen LogP contribution in [0, 0.1) is 0 Å². The summed E-state index contributed by atoms with van der Waals surface area (Å²) in [5.74, 6) is 2.02. The van der Waals surface area contributed by atoms with Crippen LogP contribution < -0.4 is 0 Å². The van der Waals surface area contributed by atoms with Crippen LogP contribution in [0.5, 0.6) is 0 Å². The molecule has 0 amide bonds.